The van der Waals surface area contributed by atoms with Crippen molar-refractivity contribution in [3.8, 4) is 0 Å². The van der Waals surface area contributed by atoms with E-state index in [9.17, 15) is 0 Å². The molecule has 2 aromatic rings. The lowest BCUT2D eigenvalue weighted by molar-refractivity contribution is 0.266. The smallest absolute Gasteiger partial charge is 0.194 e. The first-order valence-corrected chi connectivity index (χ1v) is 9.31. The SMILES string of the molecule is CCNC(=NCc1cccc(Cn2ccnc2)c1)N1CCCC(C)C1. The molecule has 0 amide bonds. The van der Waals surface area contributed by atoms with Crippen LogP contribution in [-0.2, 0) is 13.1 Å². The normalized spacial score (nSPS) is 18.4. The van der Waals surface area contributed by atoms with Crippen molar-refractivity contribution in [2.75, 3.05) is 19.6 Å². The van der Waals surface area contributed by atoms with Gasteiger partial charge >= 0.3 is 0 Å². The molecule has 1 aromatic carbocycles. The maximum absolute atomic E-state index is 4.89. The molecule has 2 heterocycles. The Morgan fingerprint density at radius 1 is 1.36 bits per heavy atom. The molecule has 1 fully saturated rings. The zero-order valence-electron chi connectivity index (χ0n) is 15.4. The van der Waals surface area contributed by atoms with E-state index in [0.29, 0.717) is 6.54 Å². The summed E-state index contributed by atoms with van der Waals surface area (Å²) in [5.41, 5.74) is 2.53. The molecule has 0 radical (unpaired) electrons. The minimum Gasteiger partial charge on any atom is -0.357 e. The number of aromatic nitrogens is 2. The van der Waals surface area contributed by atoms with Gasteiger partial charge in [0.2, 0.25) is 0 Å². The van der Waals surface area contributed by atoms with Crippen molar-refractivity contribution < 1.29 is 0 Å². The number of aliphatic imine (C=N–C) groups is 1. The van der Waals surface area contributed by atoms with E-state index in [-0.39, 0.29) is 0 Å². The van der Waals surface area contributed by atoms with Gasteiger partial charge in [0.05, 0.1) is 12.9 Å². The van der Waals surface area contributed by atoms with Crippen molar-refractivity contribution in [3.05, 3.63) is 54.1 Å². The number of benzene rings is 1. The molecule has 3 rings (SSSR count). The van der Waals surface area contributed by atoms with E-state index >= 15 is 0 Å². The molecule has 1 N–H and O–H groups in total. The van der Waals surface area contributed by atoms with Crippen LogP contribution in [-0.4, -0.2) is 40.0 Å². The van der Waals surface area contributed by atoms with Gasteiger partial charge in [-0.25, -0.2) is 9.98 Å². The zero-order valence-corrected chi connectivity index (χ0v) is 15.4. The maximum Gasteiger partial charge on any atom is 0.194 e. The topological polar surface area (TPSA) is 45.5 Å². The molecule has 25 heavy (non-hydrogen) atoms. The average Bonchev–Trinajstić information content (AvgIpc) is 3.12. The average molecular weight is 339 g/mol. The third-order valence-electron chi connectivity index (χ3n) is 4.62. The molecule has 1 atom stereocenters. The molecule has 1 saturated heterocycles. The van der Waals surface area contributed by atoms with Crippen LogP contribution in [0.1, 0.15) is 37.8 Å². The van der Waals surface area contributed by atoms with E-state index in [2.05, 4.69) is 57.9 Å². The third-order valence-corrected chi connectivity index (χ3v) is 4.62. The number of rotatable bonds is 5. The van der Waals surface area contributed by atoms with Gasteiger partial charge in [-0.1, -0.05) is 31.2 Å². The van der Waals surface area contributed by atoms with Crippen LogP contribution in [0.15, 0.2) is 48.0 Å². The minimum absolute atomic E-state index is 0.713. The van der Waals surface area contributed by atoms with Gasteiger partial charge in [0.1, 0.15) is 0 Å². The summed E-state index contributed by atoms with van der Waals surface area (Å²) in [6.07, 6.45) is 8.24. The summed E-state index contributed by atoms with van der Waals surface area (Å²) in [6, 6.07) is 8.67. The monoisotopic (exact) mass is 339 g/mol. The van der Waals surface area contributed by atoms with Gasteiger partial charge in [-0.05, 0) is 36.8 Å². The number of imidazole rings is 1. The summed E-state index contributed by atoms with van der Waals surface area (Å²) in [5.74, 6) is 1.80. The molecule has 0 bridgehead atoms. The van der Waals surface area contributed by atoms with E-state index in [1.807, 2.05) is 18.7 Å². The number of likely N-dealkylation sites (tertiary alicyclic amines) is 1. The predicted molar refractivity (Wildman–Crippen MR) is 103 cm³/mol. The molecule has 134 valence electrons. The van der Waals surface area contributed by atoms with E-state index < -0.39 is 0 Å². The molecule has 1 unspecified atom stereocenters. The van der Waals surface area contributed by atoms with Gasteiger partial charge in [0.15, 0.2) is 5.96 Å². The summed E-state index contributed by atoms with van der Waals surface area (Å²) in [7, 11) is 0. The number of piperidine rings is 1. The summed E-state index contributed by atoms with van der Waals surface area (Å²) < 4.78 is 2.08. The summed E-state index contributed by atoms with van der Waals surface area (Å²) in [5, 5.41) is 3.46. The van der Waals surface area contributed by atoms with Gasteiger partial charge in [-0.3, -0.25) is 0 Å². The van der Waals surface area contributed by atoms with Crippen LogP contribution in [0.25, 0.3) is 0 Å². The van der Waals surface area contributed by atoms with Crippen LogP contribution in [0.4, 0.5) is 0 Å². The molecule has 1 aliphatic heterocycles. The molecule has 1 aromatic heterocycles. The van der Waals surface area contributed by atoms with Crippen LogP contribution in [0.3, 0.4) is 0 Å². The fourth-order valence-corrected chi connectivity index (χ4v) is 3.39. The van der Waals surface area contributed by atoms with Crippen LogP contribution in [0.2, 0.25) is 0 Å². The molecule has 5 heteroatoms. The van der Waals surface area contributed by atoms with Gasteiger partial charge in [0.25, 0.3) is 0 Å². The first-order chi connectivity index (χ1) is 12.2. The molecular weight excluding hydrogens is 310 g/mol. The molecule has 0 spiro atoms. The molecule has 5 nitrogen and oxygen atoms in total. The summed E-state index contributed by atoms with van der Waals surface area (Å²) in [6.45, 7) is 9.14. The van der Waals surface area contributed by atoms with Crippen molar-refractivity contribution in [2.45, 2.75) is 39.8 Å². The number of nitrogens with zero attached hydrogens (tertiary/aromatic N) is 4. The van der Waals surface area contributed by atoms with Crippen LogP contribution >= 0.6 is 0 Å². The fraction of sp³-hybridized carbons (Fsp3) is 0.500. The Hall–Kier alpha value is -2.30. The standard InChI is InChI=1S/C20H29N5/c1-3-22-20(25-10-5-6-17(2)14-25)23-13-18-7-4-8-19(12-18)15-24-11-9-21-16-24/h4,7-9,11-12,16-17H,3,5-6,10,13-15H2,1-2H3,(H,22,23). The second-order valence-electron chi connectivity index (χ2n) is 6.92. The highest BCUT2D eigenvalue weighted by molar-refractivity contribution is 5.80. The van der Waals surface area contributed by atoms with Gasteiger partial charge < -0.3 is 14.8 Å². The van der Waals surface area contributed by atoms with Crippen molar-refractivity contribution in [2.24, 2.45) is 10.9 Å². The highest BCUT2D eigenvalue weighted by Crippen LogP contribution is 2.16. The minimum atomic E-state index is 0.713. The van der Waals surface area contributed by atoms with Crippen LogP contribution in [0.5, 0.6) is 0 Å². The Morgan fingerprint density at radius 3 is 3.00 bits per heavy atom. The summed E-state index contributed by atoms with van der Waals surface area (Å²) >= 11 is 0. The molecule has 1 aliphatic rings. The Balaban J connectivity index is 1.67. The number of hydrogen-bond acceptors (Lipinski definition) is 2. The van der Waals surface area contributed by atoms with Gasteiger partial charge in [0, 0.05) is 38.6 Å². The maximum atomic E-state index is 4.89. The Kier molecular flexibility index (Phi) is 6.09. The van der Waals surface area contributed by atoms with E-state index in [1.54, 1.807) is 0 Å². The Morgan fingerprint density at radius 2 is 2.24 bits per heavy atom. The second kappa shape index (κ2) is 8.70. The highest BCUT2D eigenvalue weighted by Gasteiger charge is 2.18. The zero-order chi connectivity index (χ0) is 17.5. The lowest BCUT2D eigenvalue weighted by Crippen LogP contribution is -2.46. The third kappa shape index (κ3) is 5.08. The molecule has 0 aliphatic carbocycles. The fourth-order valence-electron chi connectivity index (χ4n) is 3.39. The number of guanidine groups is 1. The Labute approximate surface area is 150 Å². The second-order valence-corrected chi connectivity index (χ2v) is 6.92. The van der Waals surface area contributed by atoms with E-state index in [1.165, 1.54) is 24.0 Å². The van der Waals surface area contributed by atoms with E-state index in [0.717, 1.165) is 38.1 Å². The van der Waals surface area contributed by atoms with Crippen LogP contribution < -0.4 is 5.32 Å². The highest BCUT2D eigenvalue weighted by atomic mass is 15.3. The quantitative estimate of drug-likeness (QED) is 0.672. The first kappa shape index (κ1) is 17.5. The van der Waals surface area contributed by atoms with Crippen molar-refractivity contribution in [1.82, 2.24) is 19.8 Å². The van der Waals surface area contributed by atoms with Crippen LogP contribution in [0, 0.1) is 5.92 Å². The number of nitrogens with one attached hydrogen (secondary N) is 1. The lowest BCUT2D eigenvalue weighted by atomic mass is 10.0. The number of hydrogen-bond donors (Lipinski definition) is 1. The predicted octanol–water partition coefficient (Wildman–Crippen LogP) is 3.13. The Bertz CT molecular complexity index is 677. The first-order valence-electron chi connectivity index (χ1n) is 9.31. The summed E-state index contributed by atoms with van der Waals surface area (Å²) in [4.78, 5) is 11.4. The van der Waals surface area contributed by atoms with Crippen molar-refractivity contribution >= 4 is 5.96 Å². The molecule has 0 saturated carbocycles. The lowest BCUT2D eigenvalue weighted by Gasteiger charge is -2.33. The molecular formula is C20H29N5. The van der Waals surface area contributed by atoms with E-state index in [4.69, 9.17) is 4.99 Å². The van der Waals surface area contributed by atoms with Gasteiger partial charge in [-0.2, -0.15) is 0 Å². The van der Waals surface area contributed by atoms with Gasteiger partial charge in [-0.15, -0.1) is 0 Å². The van der Waals surface area contributed by atoms with Crippen molar-refractivity contribution in [3.63, 3.8) is 0 Å². The van der Waals surface area contributed by atoms with Crippen molar-refractivity contribution in [1.29, 1.82) is 0 Å². The largest absolute Gasteiger partial charge is 0.357 e.